The van der Waals surface area contributed by atoms with E-state index < -0.39 is 18.5 Å². The second-order valence-electron chi connectivity index (χ2n) is 2.71. The molecule has 0 fully saturated rings. The number of aromatic nitrogens is 2. The lowest BCUT2D eigenvalue weighted by Gasteiger charge is -2.08. The molecule has 0 unspecified atom stereocenters. The fourth-order valence-corrected chi connectivity index (χ4v) is 0.843. The third-order valence-corrected chi connectivity index (χ3v) is 1.52. The van der Waals surface area contributed by atoms with Crippen molar-refractivity contribution in [2.24, 2.45) is 0 Å². The van der Waals surface area contributed by atoms with Crippen molar-refractivity contribution < 1.29 is 18.0 Å². The Bertz CT molecular complexity index is 367. The normalized spacial score (nSPS) is 11.0. The number of rotatable bonds is 3. The van der Waals surface area contributed by atoms with Gasteiger partial charge in [0.15, 0.2) is 11.0 Å². The highest BCUT2D eigenvalue weighted by Crippen LogP contribution is 2.18. The molecule has 0 aromatic carbocycles. The standard InChI is InChI=1S/C7H6ClF3N4O/c8-4-1-2-5(13-12-4)14-15-6(16)3-7(9,10)11/h1-2H,3H2,(H,13,14)(H,15,16). The van der Waals surface area contributed by atoms with Crippen LogP contribution in [0.1, 0.15) is 6.42 Å². The molecular formula is C7H6ClF3N4O. The van der Waals surface area contributed by atoms with Crippen molar-refractivity contribution in [1.82, 2.24) is 15.6 Å². The Morgan fingerprint density at radius 1 is 1.38 bits per heavy atom. The van der Waals surface area contributed by atoms with Crippen LogP contribution in [0.15, 0.2) is 12.1 Å². The molecule has 0 aliphatic heterocycles. The van der Waals surface area contributed by atoms with Crippen molar-refractivity contribution in [2.45, 2.75) is 12.6 Å². The summed E-state index contributed by atoms with van der Waals surface area (Å²) in [6, 6.07) is 2.72. The molecule has 1 heterocycles. The average Bonchev–Trinajstić information content (AvgIpc) is 2.14. The number of nitrogens with zero attached hydrogens (tertiary/aromatic N) is 2. The van der Waals surface area contributed by atoms with Gasteiger partial charge in [-0.3, -0.25) is 15.6 Å². The number of hydrogen-bond donors (Lipinski definition) is 2. The fraction of sp³-hybridized carbons (Fsp3) is 0.286. The first kappa shape index (κ1) is 12.5. The molecular weight excluding hydrogens is 249 g/mol. The molecule has 0 atom stereocenters. The minimum Gasteiger partial charge on any atom is -0.280 e. The molecule has 9 heteroatoms. The number of halogens is 4. The zero-order valence-electron chi connectivity index (χ0n) is 7.68. The lowest BCUT2D eigenvalue weighted by molar-refractivity contribution is -0.153. The lowest BCUT2D eigenvalue weighted by Crippen LogP contribution is -2.33. The van der Waals surface area contributed by atoms with E-state index in [2.05, 4.69) is 15.6 Å². The minimum atomic E-state index is -4.54. The third kappa shape index (κ3) is 4.78. The van der Waals surface area contributed by atoms with Gasteiger partial charge in [-0.05, 0) is 12.1 Å². The highest BCUT2D eigenvalue weighted by atomic mass is 35.5. The Morgan fingerprint density at radius 2 is 2.06 bits per heavy atom. The largest absolute Gasteiger partial charge is 0.397 e. The van der Waals surface area contributed by atoms with Crippen LogP contribution < -0.4 is 10.9 Å². The van der Waals surface area contributed by atoms with Crippen molar-refractivity contribution in [3.05, 3.63) is 17.3 Å². The summed E-state index contributed by atoms with van der Waals surface area (Å²) in [5, 5.41) is 7.00. The molecule has 0 aliphatic carbocycles. The van der Waals surface area contributed by atoms with Gasteiger partial charge in [0.05, 0.1) is 0 Å². The lowest BCUT2D eigenvalue weighted by atomic mass is 10.4. The van der Waals surface area contributed by atoms with Gasteiger partial charge in [-0.1, -0.05) is 11.6 Å². The Kier molecular flexibility index (Phi) is 3.88. The van der Waals surface area contributed by atoms with Gasteiger partial charge < -0.3 is 0 Å². The van der Waals surface area contributed by atoms with E-state index in [-0.39, 0.29) is 11.0 Å². The van der Waals surface area contributed by atoms with Crippen molar-refractivity contribution in [2.75, 3.05) is 5.43 Å². The van der Waals surface area contributed by atoms with Crippen molar-refractivity contribution in [3.63, 3.8) is 0 Å². The first-order valence-electron chi connectivity index (χ1n) is 3.98. The van der Waals surface area contributed by atoms with Gasteiger partial charge in [-0.2, -0.15) is 13.2 Å². The average molecular weight is 255 g/mol. The Labute approximate surface area is 93.0 Å². The first-order valence-corrected chi connectivity index (χ1v) is 4.35. The second kappa shape index (κ2) is 4.97. The van der Waals surface area contributed by atoms with Gasteiger partial charge in [0.25, 0.3) is 0 Å². The van der Waals surface area contributed by atoms with Gasteiger partial charge >= 0.3 is 6.18 Å². The number of carbonyl (C=O) groups is 1. The molecule has 88 valence electrons. The van der Waals surface area contributed by atoms with Crippen LogP contribution >= 0.6 is 11.6 Å². The molecule has 5 nitrogen and oxygen atoms in total. The molecule has 2 N–H and O–H groups in total. The van der Waals surface area contributed by atoms with E-state index in [0.29, 0.717) is 0 Å². The number of amides is 1. The maximum absolute atomic E-state index is 11.8. The van der Waals surface area contributed by atoms with Crippen molar-refractivity contribution in [1.29, 1.82) is 0 Å². The van der Waals surface area contributed by atoms with Crippen LogP contribution in [0.3, 0.4) is 0 Å². The summed E-state index contributed by atoms with van der Waals surface area (Å²) in [6.45, 7) is 0. The summed E-state index contributed by atoms with van der Waals surface area (Å²) in [4.78, 5) is 10.7. The molecule has 0 saturated carbocycles. The fourth-order valence-electron chi connectivity index (χ4n) is 0.743. The molecule has 0 saturated heterocycles. The van der Waals surface area contributed by atoms with E-state index in [9.17, 15) is 18.0 Å². The van der Waals surface area contributed by atoms with Gasteiger partial charge in [0, 0.05) is 0 Å². The minimum absolute atomic E-state index is 0.0833. The van der Waals surface area contributed by atoms with E-state index in [1.54, 1.807) is 0 Å². The number of nitrogens with one attached hydrogen (secondary N) is 2. The Morgan fingerprint density at radius 3 is 2.56 bits per heavy atom. The van der Waals surface area contributed by atoms with E-state index in [1.807, 2.05) is 5.43 Å². The zero-order chi connectivity index (χ0) is 12.2. The van der Waals surface area contributed by atoms with Gasteiger partial charge in [0.1, 0.15) is 6.42 Å². The predicted molar refractivity (Wildman–Crippen MR) is 49.5 cm³/mol. The third-order valence-electron chi connectivity index (χ3n) is 1.32. The molecule has 1 rings (SSSR count). The van der Waals surface area contributed by atoms with Crippen LogP contribution in [0.4, 0.5) is 19.0 Å². The summed E-state index contributed by atoms with van der Waals surface area (Å²) in [5.74, 6) is -1.14. The smallest absolute Gasteiger partial charge is 0.280 e. The van der Waals surface area contributed by atoms with Crippen LogP contribution in [-0.4, -0.2) is 22.3 Å². The molecule has 0 spiro atoms. The SMILES string of the molecule is O=C(CC(F)(F)F)NNc1ccc(Cl)nn1. The highest BCUT2D eigenvalue weighted by molar-refractivity contribution is 6.29. The number of alkyl halides is 3. The summed E-state index contributed by atoms with van der Waals surface area (Å²) in [7, 11) is 0. The van der Waals surface area contributed by atoms with Gasteiger partial charge in [0.2, 0.25) is 5.91 Å². The zero-order valence-corrected chi connectivity index (χ0v) is 8.43. The maximum Gasteiger partial charge on any atom is 0.397 e. The van der Waals surface area contributed by atoms with Gasteiger partial charge in [-0.25, -0.2) is 0 Å². The first-order chi connectivity index (χ1) is 7.37. The predicted octanol–water partition coefficient (Wildman–Crippen LogP) is 1.53. The molecule has 1 aromatic rings. The molecule has 0 radical (unpaired) electrons. The van der Waals surface area contributed by atoms with Crippen LogP contribution in [0.5, 0.6) is 0 Å². The van der Waals surface area contributed by atoms with Crippen LogP contribution in [0.25, 0.3) is 0 Å². The second-order valence-corrected chi connectivity index (χ2v) is 3.09. The number of carbonyl (C=O) groups excluding carboxylic acids is 1. The van der Waals surface area contributed by atoms with Crippen molar-refractivity contribution in [3.8, 4) is 0 Å². The Hall–Kier alpha value is -1.57. The number of anilines is 1. The maximum atomic E-state index is 11.8. The number of hydrogen-bond acceptors (Lipinski definition) is 4. The molecule has 0 bridgehead atoms. The summed E-state index contributed by atoms with van der Waals surface area (Å²) >= 11 is 5.42. The molecule has 1 amide bonds. The molecule has 16 heavy (non-hydrogen) atoms. The molecule has 0 aliphatic rings. The van der Waals surface area contributed by atoms with Crippen molar-refractivity contribution >= 4 is 23.3 Å². The summed E-state index contributed by atoms with van der Waals surface area (Å²) < 4.78 is 35.3. The monoisotopic (exact) mass is 254 g/mol. The van der Waals surface area contributed by atoms with E-state index in [1.165, 1.54) is 12.1 Å². The topological polar surface area (TPSA) is 66.9 Å². The molecule has 1 aromatic heterocycles. The summed E-state index contributed by atoms with van der Waals surface area (Å²) in [6.07, 6.45) is -6.11. The van der Waals surface area contributed by atoms with E-state index in [4.69, 9.17) is 11.6 Å². The van der Waals surface area contributed by atoms with Gasteiger partial charge in [-0.15, -0.1) is 10.2 Å². The van der Waals surface area contributed by atoms with Crippen LogP contribution in [0.2, 0.25) is 5.15 Å². The quantitative estimate of drug-likeness (QED) is 0.803. The Balaban J connectivity index is 2.40. The summed E-state index contributed by atoms with van der Waals surface area (Å²) in [5.41, 5.74) is 3.98. The van der Waals surface area contributed by atoms with E-state index >= 15 is 0 Å². The number of hydrazine groups is 1. The van der Waals surface area contributed by atoms with E-state index in [0.717, 1.165) is 0 Å². The van der Waals surface area contributed by atoms with Crippen LogP contribution in [0, 0.1) is 0 Å². The van der Waals surface area contributed by atoms with Crippen LogP contribution in [-0.2, 0) is 4.79 Å². The highest BCUT2D eigenvalue weighted by Gasteiger charge is 2.31.